The maximum Gasteiger partial charge on any atom is 0.243 e. The number of pyridine rings is 1. The van der Waals surface area contributed by atoms with Crippen molar-refractivity contribution in [3.8, 4) is 28.0 Å². The fraction of sp³-hybridized carbons (Fsp3) is 0.192. The molecule has 0 aliphatic heterocycles. The van der Waals surface area contributed by atoms with Crippen LogP contribution in [0.5, 0.6) is 5.75 Å². The predicted molar refractivity (Wildman–Crippen MR) is 129 cm³/mol. The third-order valence-electron chi connectivity index (χ3n) is 5.48. The molecule has 1 amide bonds. The molecule has 2 aromatic carbocycles. The number of rotatable bonds is 7. The molecule has 0 bridgehead atoms. The van der Waals surface area contributed by atoms with E-state index >= 15 is 0 Å². The molecule has 8 heteroatoms. The molecule has 0 fully saturated rings. The summed E-state index contributed by atoms with van der Waals surface area (Å²) in [6.45, 7) is 1.98. The van der Waals surface area contributed by atoms with Gasteiger partial charge in [-0.1, -0.05) is 36.4 Å². The summed E-state index contributed by atoms with van der Waals surface area (Å²) in [4.78, 5) is 17.7. The lowest BCUT2D eigenvalue weighted by atomic mass is 9.96. The van der Waals surface area contributed by atoms with E-state index in [-0.39, 0.29) is 24.1 Å². The maximum atomic E-state index is 14.1. The number of amides is 1. The van der Waals surface area contributed by atoms with Crippen LogP contribution in [0.25, 0.3) is 22.3 Å². The standard InChI is InChI=1S/C26H26FN5O2/c1-17(23-12-21(27)9-10-22(23)18-7-5-4-6-8-18)34-24-11-19(13-29-26(24)28)20-14-30-32(15-20)16-25(33)31(2)3/h4-15,17H,16H2,1-3H3,(H2,28,29)/t17-/m1/s1. The normalized spacial score (nSPS) is 11.8. The van der Waals surface area contributed by atoms with Gasteiger partial charge >= 0.3 is 0 Å². The van der Waals surface area contributed by atoms with Gasteiger partial charge in [-0.3, -0.25) is 9.48 Å². The fourth-order valence-corrected chi connectivity index (χ4v) is 3.59. The van der Waals surface area contributed by atoms with Gasteiger partial charge in [0.15, 0.2) is 11.6 Å². The Hall–Kier alpha value is -4.20. The number of ether oxygens (including phenoxy) is 1. The molecule has 34 heavy (non-hydrogen) atoms. The quantitative estimate of drug-likeness (QED) is 0.438. The van der Waals surface area contributed by atoms with E-state index in [9.17, 15) is 9.18 Å². The smallest absolute Gasteiger partial charge is 0.243 e. The Kier molecular flexibility index (Phi) is 6.58. The molecule has 0 unspecified atom stereocenters. The van der Waals surface area contributed by atoms with Gasteiger partial charge in [0.2, 0.25) is 5.91 Å². The number of nitrogen functional groups attached to an aromatic ring is 1. The average molecular weight is 460 g/mol. The summed E-state index contributed by atoms with van der Waals surface area (Å²) < 4.78 is 21.9. The van der Waals surface area contributed by atoms with Gasteiger partial charge in [0.05, 0.1) is 6.20 Å². The van der Waals surface area contributed by atoms with E-state index < -0.39 is 6.10 Å². The second-order valence-electron chi connectivity index (χ2n) is 8.18. The third kappa shape index (κ3) is 5.06. The zero-order valence-corrected chi connectivity index (χ0v) is 19.3. The SMILES string of the molecule is C[C@@H](Oc1cc(-c2cnn(CC(=O)N(C)C)c2)cnc1N)c1cc(F)ccc1-c1ccccc1. The number of likely N-dealkylation sites (N-methyl/N-ethyl adjacent to an activating group) is 1. The summed E-state index contributed by atoms with van der Waals surface area (Å²) in [6.07, 6.45) is 4.55. The van der Waals surface area contributed by atoms with E-state index in [1.165, 1.54) is 17.0 Å². The molecule has 2 heterocycles. The number of hydrogen-bond acceptors (Lipinski definition) is 5. The van der Waals surface area contributed by atoms with Crippen LogP contribution in [0.4, 0.5) is 10.2 Å². The molecule has 0 aliphatic rings. The van der Waals surface area contributed by atoms with Crippen molar-refractivity contribution in [2.75, 3.05) is 19.8 Å². The van der Waals surface area contributed by atoms with Crippen molar-refractivity contribution in [3.05, 3.63) is 84.6 Å². The number of nitrogens with zero attached hydrogens (tertiary/aromatic N) is 4. The van der Waals surface area contributed by atoms with E-state index in [4.69, 9.17) is 10.5 Å². The van der Waals surface area contributed by atoms with Crippen LogP contribution in [0, 0.1) is 5.82 Å². The Labute approximate surface area is 197 Å². The molecule has 0 spiro atoms. The second kappa shape index (κ2) is 9.74. The summed E-state index contributed by atoms with van der Waals surface area (Å²) >= 11 is 0. The molecule has 0 aliphatic carbocycles. The molecule has 2 aromatic heterocycles. The number of halogens is 1. The summed E-state index contributed by atoms with van der Waals surface area (Å²) in [5, 5.41) is 4.26. The zero-order chi connectivity index (χ0) is 24.2. The lowest BCUT2D eigenvalue weighted by Crippen LogP contribution is -2.26. The Morgan fingerprint density at radius 1 is 1.09 bits per heavy atom. The highest BCUT2D eigenvalue weighted by Crippen LogP contribution is 2.34. The predicted octanol–water partition coefficient (Wildman–Crippen LogP) is 4.56. The highest BCUT2D eigenvalue weighted by molar-refractivity contribution is 5.75. The van der Waals surface area contributed by atoms with E-state index in [1.54, 1.807) is 49.5 Å². The maximum absolute atomic E-state index is 14.1. The van der Waals surface area contributed by atoms with Crippen molar-refractivity contribution >= 4 is 11.7 Å². The largest absolute Gasteiger partial charge is 0.482 e. The fourth-order valence-electron chi connectivity index (χ4n) is 3.59. The minimum Gasteiger partial charge on any atom is -0.482 e. The molecule has 7 nitrogen and oxygen atoms in total. The molecule has 0 saturated carbocycles. The molecule has 4 aromatic rings. The highest BCUT2D eigenvalue weighted by Gasteiger charge is 2.17. The lowest BCUT2D eigenvalue weighted by molar-refractivity contribution is -0.129. The number of benzene rings is 2. The van der Waals surface area contributed by atoms with Gasteiger partial charge in [0, 0.05) is 43.2 Å². The van der Waals surface area contributed by atoms with Gasteiger partial charge in [-0.15, -0.1) is 0 Å². The first kappa shape index (κ1) is 23.0. The van der Waals surface area contributed by atoms with Crippen LogP contribution in [-0.4, -0.2) is 39.7 Å². The van der Waals surface area contributed by atoms with Crippen LogP contribution in [0.2, 0.25) is 0 Å². The van der Waals surface area contributed by atoms with Crippen LogP contribution in [0.15, 0.2) is 73.2 Å². The molecule has 174 valence electrons. The molecular weight excluding hydrogens is 433 g/mol. The van der Waals surface area contributed by atoms with E-state index in [0.29, 0.717) is 11.3 Å². The minimum absolute atomic E-state index is 0.0627. The van der Waals surface area contributed by atoms with Gasteiger partial charge in [-0.2, -0.15) is 5.10 Å². The molecule has 1 atom stereocenters. The number of nitrogens with two attached hydrogens (primary N) is 1. The zero-order valence-electron chi connectivity index (χ0n) is 19.3. The minimum atomic E-state index is -0.495. The lowest BCUT2D eigenvalue weighted by Gasteiger charge is -2.20. The van der Waals surface area contributed by atoms with Crippen LogP contribution in [0.1, 0.15) is 18.6 Å². The average Bonchev–Trinajstić information content (AvgIpc) is 3.29. The molecule has 0 radical (unpaired) electrons. The Morgan fingerprint density at radius 3 is 2.59 bits per heavy atom. The van der Waals surface area contributed by atoms with Gasteiger partial charge in [-0.05, 0) is 36.2 Å². The number of anilines is 1. The molecule has 4 rings (SSSR count). The topological polar surface area (TPSA) is 86.3 Å². The van der Waals surface area contributed by atoms with Gasteiger partial charge in [-0.25, -0.2) is 9.37 Å². The number of hydrogen-bond donors (Lipinski definition) is 1. The van der Waals surface area contributed by atoms with Crippen molar-refractivity contribution in [3.63, 3.8) is 0 Å². The first-order valence-electron chi connectivity index (χ1n) is 10.8. The molecule has 0 saturated heterocycles. The summed E-state index contributed by atoms with van der Waals surface area (Å²) in [6, 6.07) is 16.2. The van der Waals surface area contributed by atoms with Crippen molar-refractivity contribution in [1.29, 1.82) is 0 Å². The van der Waals surface area contributed by atoms with Crippen molar-refractivity contribution in [1.82, 2.24) is 19.7 Å². The first-order valence-corrected chi connectivity index (χ1v) is 10.8. The van der Waals surface area contributed by atoms with E-state index in [1.807, 2.05) is 37.3 Å². The Bertz CT molecular complexity index is 1300. The summed E-state index contributed by atoms with van der Waals surface area (Å²) in [5.74, 6) is 0.200. The summed E-state index contributed by atoms with van der Waals surface area (Å²) in [5.41, 5.74) is 10.1. The number of aromatic nitrogens is 3. The third-order valence-corrected chi connectivity index (χ3v) is 5.48. The molecular formula is C26H26FN5O2. The first-order chi connectivity index (χ1) is 16.3. The van der Waals surface area contributed by atoms with Crippen LogP contribution in [-0.2, 0) is 11.3 Å². The monoisotopic (exact) mass is 459 g/mol. The van der Waals surface area contributed by atoms with Gasteiger partial charge in [0.25, 0.3) is 0 Å². The van der Waals surface area contributed by atoms with Crippen molar-refractivity contribution in [2.24, 2.45) is 0 Å². The summed E-state index contributed by atoms with van der Waals surface area (Å²) in [7, 11) is 3.40. The van der Waals surface area contributed by atoms with Gasteiger partial charge in [0.1, 0.15) is 18.5 Å². The van der Waals surface area contributed by atoms with Crippen LogP contribution >= 0.6 is 0 Å². The Morgan fingerprint density at radius 2 is 1.85 bits per heavy atom. The highest BCUT2D eigenvalue weighted by atomic mass is 19.1. The number of carbonyl (C=O) groups excluding carboxylic acids is 1. The number of carbonyl (C=O) groups is 1. The Balaban J connectivity index is 1.60. The van der Waals surface area contributed by atoms with Crippen LogP contribution in [0.3, 0.4) is 0 Å². The van der Waals surface area contributed by atoms with E-state index in [2.05, 4.69) is 10.1 Å². The van der Waals surface area contributed by atoms with E-state index in [0.717, 1.165) is 22.3 Å². The van der Waals surface area contributed by atoms with Crippen molar-refractivity contribution in [2.45, 2.75) is 19.6 Å². The second-order valence-corrected chi connectivity index (χ2v) is 8.18. The van der Waals surface area contributed by atoms with Crippen molar-refractivity contribution < 1.29 is 13.9 Å². The van der Waals surface area contributed by atoms with Crippen LogP contribution < -0.4 is 10.5 Å². The molecule has 2 N–H and O–H groups in total. The van der Waals surface area contributed by atoms with Gasteiger partial charge < -0.3 is 15.4 Å².